The SMILES string of the molecule is Cc1ccc(C(=O)N2CCC(CO)C2)c(O)c1. The molecule has 92 valence electrons. The lowest BCUT2D eigenvalue weighted by Gasteiger charge is -2.17. The molecular formula is C13H17NO3. The highest BCUT2D eigenvalue weighted by Gasteiger charge is 2.27. The number of benzene rings is 1. The van der Waals surface area contributed by atoms with Crippen LogP contribution in [-0.4, -0.2) is 40.7 Å². The Morgan fingerprint density at radius 2 is 2.29 bits per heavy atom. The van der Waals surface area contributed by atoms with Crippen molar-refractivity contribution in [1.82, 2.24) is 4.90 Å². The van der Waals surface area contributed by atoms with Crippen molar-refractivity contribution in [3.05, 3.63) is 29.3 Å². The topological polar surface area (TPSA) is 60.8 Å². The summed E-state index contributed by atoms with van der Waals surface area (Å²) in [6.07, 6.45) is 0.828. The molecule has 0 radical (unpaired) electrons. The Balaban J connectivity index is 2.15. The normalized spacial score (nSPS) is 19.6. The number of hydrogen-bond donors (Lipinski definition) is 2. The van der Waals surface area contributed by atoms with E-state index < -0.39 is 0 Å². The standard InChI is InChI=1S/C13H17NO3/c1-9-2-3-11(12(16)6-9)13(17)14-5-4-10(7-14)8-15/h2-3,6,10,15-16H,4-5,7-8H2,1H3. The molecule has 4 heteroatoms. The molecule has 1 aromatic carbocycles. The number of rotatable bonds is 2. The molecule has 1 saturated heterocycles. The highest BCUT2D eigenvalue weighted by Crippen LogP contribution is 2.23. The molecule has 1 aliphatic rings. The van der Waals surface area contributed by atoms with Crippen LogP contribution in [0.15, 0.2) is 18.2 Å². The maximum Gasteiger partial charge on any atom is 0.257 e. The highest BCUT2D eigenvalue weighted by molar-refractivity contribution is 5.97. The van der Waals surface area contributed by atoms with E-state index in [1.54, 1.807) is 17.0 Å². The van der Waals surface area contributed by atoms with Gasteiger partial charge in [0.1, 0.15) is 5.75 Å². The van der Waals surface area contributed by atoms with Gasteiger partial charge in [0, 0.05) is 25.6 Å². The number of hydrogen-bond acceptors (Lipinski definition) is 3. The van der Waals surface area contributed by atoms with Gasteiger partial charge in [0.05, 0.1) is 5.56 Å². The average Bonchev–Trinajstić information content (AvgIpc) is 2.76. The minimum atomic E-state index is -0.154. The van der Waals surface area contributed by atoms with Gasteiger partial charge in [-0.05, 0) is 31.0 Å². The van der Waals surface area contributed by atoms with Crippen LogP contribution < -0.4 is 0 Å². The molecule has 1 amide bonds. The molecule has 2 N–H and O–H groups in total. The Labute approximate surface area is 100 Å². The second-order valence-corrected chi connectivity index (χ2v) is 4.61. The van der Waals surface area contributed by atoms with E-state index in [9.17, 15) is 9.90 Å². The summed E-state index contributed by atoms with van der Waals surface area (Å²) >= 11 is 0. The van der Waals surface area contributed by atoms with Crippen molar-refractivity contribution in [2.45, 2.75) is 13.3 Å². The first-order valence-corrected chi connectivity index (χ1v) is 5.81. The molecule has 1 fully saturated rings. The van der Waals surface area contributed by atoms with Gasteiger partial charge < -0.3 is 15.1 Å². The van der Waals surface area contributed by atoms with Gasteiger partial charge in [-0.3, -0.25) is 4.79 Å². The van der Waals surface area contributed by atoms with Crippen molar-refractivity contribution in [3.63, 3.8) is 0 Å². The number of aliphatic hydroxyl groups is 1. The molecule has 2 rings (SSSR count). The van der Waals surface area contributed by atoms with Gasteiger partial charge in [-0.25, -0.2) is 0 Å². The van der Waals surface area contributed by atoms with Crippen LogP contribution >= 0.6 is 0 Å². The first kappa shape index (κ1) is 11.9. The van der Waals surface area contributed by atoms with Gasteiger partial charge in [0.2, 0.25) is 0 Å². The largest absolute Gasteiger partial charge is 0.507 e. The summed E-state index contributed by atoms with van der Waals surface area (Å²) in [6.45, 7) is 3.20. The minimum absolute atomic E-state index is 0.0300. The first-order valence-electron chi connectivity index (χ1n) is 5.81. The van der Waals surface area contributed by atoms with Crippen LogP contribution in [0.1, 0.15) is 22.3 Å². The van der Waals surface area contributed by atoms with Gasteiger partial charge in [0.15, 0.2) is 0 Å². The predicted molar refractivity (Wildman–Crippen MR) is 63.9 cm³/mol. The molecule has 17 heavy (non-hydrogen) atoms. The van der Waals surface area contributed by atoms with Crippen molar-refractivity contribution in [3.8, 4) is 5.75 Å². The fourth-order valence-corrected chi connectivity index (χ4v) is 2.16. The Kier molecular flexibility index (Phi) is 3.33. The summed E-state index contributed by atoms with van der Waals surface area (Å²) in [5, 5.41) is 18.8. The van der Waals surface area contributed by atoms with Gasteiger partial charge in [-0.1, -0.05) is 6.07 Å². The van der Waals surface area contributed by atoms with Crippen LogP contribution in [-0.2, 0) is 0 Å². The van der Waals surface area contributed by atoms with Crippen molar-refractivity contribution in [2.24, 2.45) is 5.92 Å². The van der Waals surface area contributed by atoms with E-state index in [1.165, 1.54) is 0 Å². The van der Waals surface area contributed by atoms with Crippen molar-refractivity contribution in [1.29, 1.82) is 0 Å². The Morgan fingerprint density at radius 1 is 1.53 bits per heavy atom. The molecule has 0 spiro atoms. The number of phenols is 1. The second kappa shape index (κ2) is 4.75. The molecule has 0 aliphatic carbocycles. The Morgan fingerprint density at radius 3 is 2.88 bits per heavy atom. The minimum Gasteiger partial charge on any atom is -0.507 e. The number of carbonyl (C=O) groups excluding carboxylic acids is 1. The van der Waals surface area contributed by atoms with Crippen LogP contribution in [0.2, 0.25) is 0 Å². The quantitative estimate of drug-likeness (QED) is 0.808. The third kappa shape index (κ3) is 2.42. The van der Waals surface area contributed by atoms with Crippen molar-refractivity contribution in [2.75, 3.05) is 19.7 Å². The first-order chi connectivity index (χ1) is 8.11. The number of aromatic hydroxyl groups is 1. The summed E-state index contributed by atoms with van der Waals surface area (Å²) in [7, 11) is 0. The number of phenolic OH excluding ortho intramolecular Hbond substituents is 1. The molecule has 1 unspecified atom stereocenters. The molecule has 0 aromatic heterocycles. The number of nitrogens with zero attached hydrogens (tertiary/aromatic N) is 1. The fourth-order valence-electron chi connectivity index (χ4n) is 2.16. The van der Waals surface area contributed by atoms with Gasteiger partial charge in [-0.15, -0.1) is 0 Å². The van der Waals surface area contributed by atoms with E-state index in [1.807, 2.05) is 13.0 Å². The van der Waals surface area contributed by atoms with Crippen molar-refractivity contribution >= 4 is 5.91 Å². The number of aryl methyl sites for hydroxylation is 1. The maximum absolute atomic E-state index is 12.1. The molecule has 4 nitrogen and oxygen atoms in total. The lowest BCUT2D eigenvalue weighted by atomic mass is 10.1. The molecule has 0 bridgehead atoms. The third-order valence-corrected chi connectivity index (χ3v) is 3.21. The monoisotopic (exact) mass is 235 g/mol. The number of likely N-dealkylation sites (tertiary alicyclic amines) is 1. The second-order valence-electron chi connectivity index (χ2n) is 4.61. The maximum atomic E-state index is 12.1. The van der Waals surface area contributed by atoms with E-state index in [0.29, 0.717) is 18.7 Å². The lowest BCUT2D eigenvalue weighted by molar-refractivity contribution is 0.0779. The number of amides is 1. The third-order valence-electron chi connectivity index (χ3n) is 3.21. The summed E-state index contributed by atoms with van der Waals surface area (Å²) in [5.41, 5.74) is 1.27. The van der Waals surface area contributed by atoms with Gasteiger partial charge >= 0.3 is 0 Å². The lowest BCUT2D eigenvalue weighted by Crippen LogP contribution is -2.29. The Bertz CT molecular complexity index is 431. The van der Waals surface area contributed by atoms with E-state index >= 15 is 0 Å². The van der Waals surface area contributed by atoms with Crippen LogP contribution in [0.25, 0.3) is 0 Å². The molecule has 1 atom stereocenters. The van der Waals surface area contributed by atoms with Crippen LogP contribution in [0, 0.1) is 12.8 Å². The predicted octanol–water partition coefficient (Wildman–Crippen LogP) is 1.16. The fraction of sp³-hybridized carbons (Fsp3) is 0.462. The Hall–Kier alpha value is -1.55. The van der Waals surface area contributed by atoms with E-state index in [2.05, 4.69) is 0 Å². The number of aliphatic hydroxyl groups excluding tert-OH is 1. The van der Waals surface area contributed by atoms with E-state index in [0.717, 1.165) is 12.0 Å². The summed E-state index contributed by atoms with van der Waals surface area (Å²) in [6, 6.07) is 5.05. The van der Waals surface area contributed by atoms with Crippen LogP contribution in [0.5, 0.6) is 5.75 Å². The molecule has 0 saturated carbocycles. The van der Waals surface area contributed by atoms with Crippen LogP contribution in [0.4, 0.5) is 0 Å². The summed E-state index contributed by atoms with van der Waals surface area (Å²) in [5.74, 6) is 0.0486. The van der Waals surface area contributed by atoms with Gasteiger partial charge in [0.25, 0.3) is 5.91 Å². The zero-order chi connectivity index (χ0) is 12.4. The molecule has 1 aromatic rings. The molecule has 1 heterocycles. The van der Waals surface area contributed by atoms with Crippen molar-refractivity contribution < 1.29 is 15.0 Å². The highest BCUT2D eigenvalue weighted by atomic mass is 16.3. The molecular weight excluding hydrogens is 218 g/mol. The van der Waals surface area contributed by atoms with E-state index in [-0.39, 0.29) is 24.2 Å². The summed E-state index contributed by atoms with van der Waals surface area (Å²) < 4.78 is 0. The van der Waals surface area contributed by atoms with Crippen LogP contribution in [0.3, 0.4) is 0 Å². The summed E-state index contributed by atoms with van der Waals surface area (Å²) in [4.78, 5) is 13.8. The average molecular weight is 235 g/mol. The van der Waals surface area contributed by atoms with Gasteiger partial charge in [-0.2, -0.15) is 0 Å². The number of carbonyl (C=O) groups is 1. The smallest absolute Gasteiger partial charge is 0.257 e. The van der Waals surface area contributed by atoms with E-state index in [4.69, 9.17) is 5.11 Å². The molecule has 1 aliphatic heterocycles. The zero-order valence-corrected chi connectivity index (χ0v) is 9.89. The zero-order valence-electron chi connectivity index (χ0n) is 9.89.